The molecule has 0 amide bonds. The molecule has 1 aromatic carbocycles. The number of aromatic nitrogens is 1. The first kappa shape index (κ1) is 10.8. The highest BCUT2D eigenvalue weighted by molar-refractivity contribution is 6.30. The fraction of sp³-hybridized carbons (Fsp3) is 0.0833. The molecule has 1 heterocycles. The van der Waals surface area contributed by atoms with Crippen molar-refractivity contribution in [1.82, 2.24) is 4.98 Å². The summed E-state index contributed by atoms with van der Waals surface area (Å²) in [6.07, 6.45) is 0. The zero-order chi connectivity index (χ0) is 11.5. The van der Waals surface area contributed by atoms with Crippen molar-refractivity contribution in [3.63, 3.8) is 0 Å². The molecular formula is C12H12ClN3. The summed E-state index contributed by atoms with van der Waals surface area (Å²) in [6.45, 7) is 1.87. The first-order valence-corrected chi connectivity index (χ1v) is 5.29. The predicted octanol–water partition coefficient (Wildman–Crippen LogP) is 3.37. The Hall–Kier alpha value is -1.74. The van der Waals surface area contributed by atoms with Crippen molar-refractivity contribution in [2.24, 2.45) is 0 Å². The number of pyridine rings is 1. The van der Waals surface area contributed by atoms with E-state index in [1.165, 1.54) is 0 Å². The van der Waals surface area contributed by atoms with Crippen molar-refractivity contribution in [3.05, 3.63) is 47.1 Å². The highest BCUT2D eigenvalue weighted by Crippen LogP contribution is 2.25. The number of rotatable bonds is 2. The summed E-state index contributed by atoms with van der Waals surface area (Å²) in [7, 11) is 0. The number of anilines is 3. The second-order valence-corrected chi connectivity index (χ2v) is 3.88. The Balaban J connectivity index is 2.32. The van der Waals surface area contributed by atoms with Gasteiger partial charge < -0.3 is 11.1 Å². The molecule has 2 rings (SSSR count). The van der Waals surface area contributed by atoms with Gasteiger partial charge in [-0.05, 0) is 30.7 Å². The van der Waals surface area contributed by atoms with Gasteiger partial charge in [-0.3, -0.25) is 0 Å². The number of nitrogens with one attached hydrogen (secondary N) is 1. The van der Waals surface area contributed by atoms with Gasteiger partial charge in [-0.15, -0.1) is 0 Å². The lowest BCUT2D eigenvalue weighted by Crippen LogP contribution is -2.00. The minimum absolute atomic E-state index is 0.465. The monoisotopic (exact) mass is 233 g/mol. The maximum atomic E-state index is 5.95. The van der Waals surface area contributed by atoms with Crippen molar-refractivity contribution in [1.29, 1.82) is 0 Å². The molecule has 0 spiro atoms. The van der Waals surface area contributed by atoms with Gasteiger partial charge in [0.05, 0.1) is 5.69 Å². The van der Waals surface area contributed by atoms with Crippen molar-refractivity contribution >= 4 is 28.8 Å². The lowest BCUT2D eigenvalue weighted by atomic mass is 10.2. The van der Waals surface area contributed by atoms with Crippen LogP contribution in [-0.2, 0) is 0 Å². The largest absolute Gasteiger partial charge is 0.396 e. The lowest BCUT2D eigenvalue weighted by molar-refractivity contribution is 1.26. The number of nitrogens with two attached hydrogens (primary N) is 1. The molecule has 16 heavy (non-hydrogen) atoms. The number of aryl methyl sites for hydroxylation is 1. The Bertz CT molecular complexity index is 497. The molecule has 0 saturated carbocycles. The SMILES string of the molecule is Cc1cc(N)c(Nc2ccccc2)nc1Cl. The van der Waals surface area contributed by atoms with Crippen molar-refractivity contribution in [2.45, 2.75) is 6.92 Å². The van der Waals surface area contributed by atoms with Crippen LogP contribution in [-0.4, -0.2) is 4.98 Å². The average molecular weight is 234 g/mol. The maximum Gasteiger partial charge on any atom is 0.155 e. The summed E-state index contributed by atoms with van der Waals surface area (Å²) < 4.78 is 0. The zero-order valence-electron chi connectivity index (χ0n) is 8.87. The van der Waals surface area contributed by atoms with Crippen LogP contribution in [0.1, 0.15) is 5.56 Å². The molecule has 0 aliphatic heterocycles. The van der Waals surface area contributed by atoms with E-state index in [9.17, 15) is 0 Å². The van der Waals surface area contributed by atoms with E-state index in [0.717, 1.165) is 11.3 Å². The molecule has 0 radical (unpaired) electrons. The molecule has 0 fully saturated rings. The Kier molecular flexibility index (Phi) is 2.97. The van der Waals surface area contributed by atoms with Crippen LogP contribution in [0.2, 0.25) is 5.15 Å². The summed E-state index contributed by atoms with van der Waals surface area (Å²) in [5.74, 6) is 0.585. The summed E-state index contributed by atoms with van der Waals surface area (Å²) in [5, 5.41) is 3.59. The molecule has 4 heteroatoms. The third-order valence-electron chi connectivity index (χ3n) is 2.22. The summed E-state index contributed by atoms with van der Waals surface area (Å²) in [6, 6.07) is 11.5. The van der Waals surface area contributed by atoms with E-state index >= 15 is 0 Å². The number of hydrogen-bond donors (Lipinski definition) is 2. The Morgan fingerprint density at radius 3 is 2.62 bits per heavy atom. The van der Waals surface area contributed by atoms with E-state index in [-0.39, 0.29) is 0 Å². The molecule has 0 saturated heterocycles. The molecular weight excluding hydrogens is 222 g/mol. The fourth-order valence-electron chi connectivity index (χ4n) is 1.37. The van der Waals surface area contributed by atoms with E-state index in [4.69, 9.17) is 17.3 Å². The van der Waals surface area contributed by atoms with Gasteiger partial charge in [0.2, 0.25) is 0 Å². The summed E-state index contributed by atoms with van der Waals surface area (Å²) in [4.78, 5) is 4.20. The summed E-state index contributed by atoms with van der Waals surface area (Å²) in [5.41, 5.74) is 8.25. The van der Waals surface area contributed by atoms with Crippen LogP contribution in [0.15, 0.2) is 36.4 Å². The first-order chi connectivity index (χ1) is 7.66. The minimum Gasteiger partial charge on any atom is -0.396 e. The van der Waals surface area contributed by atoms with Gasteiger partial charge in [-0.25, -0.2) is 4.98 Å². The molecule has 1 aromatic heterocycles. The van der Waals surface area contributed by atoms with Gasteiger partial charge in [0.15, 0.2) is 5.82 Å². The number of benzene rings is 1. The highest BCUT2D eigenvalue weighted by atomic mass is 35.5. The van der Waals surface area contributed by atoms with Crippen LogP contribution >= 0.6 is 11.6 Å². The normalized spacial score (nSPS) is 10.1. The number of para-hydroxylation sites is 1. The molecule has 0 aliphatic rings. The molecule has 0 bridgehead atoms. The van der Waals surface area contributed by atoms with Crippen LogP contribution in [0.5, 0.6) is 0 Å². The van der Waals surface area contributed by atoms with Crippen LogP contribution < -0.4 is 11.1 Å². The molecule has 82 valence electrons. The Morgan fingerprint density at radius 1 is 1.25 bits per heavy atom. The Morgan fingerprint density at radius 2 is 1.94 bits per heavy atom. The first-order valence-electron chi connectivity index (χ1n) is 4.91. The van der Waals surface area contributed by atoms with Crippen molar-refractivity contribution in [2.75, 3.05) is 11.1 Å². The van der Waals surface area contributed by atoms with Crippen LogP contribution in [0.3, 0.4) is 0 Å². The molecule has 3 N–H and O–H groups in total. The minimum atomic E-state index is 0.465. The summed E-state index contributed by atoms with van der Waals surface area (Å²) >= 11 is 5.95. The Labute approximate surface area is 99.3 Å². The fourth-order valence-corrected chi connectivity index (χ4v) is 1.51. The predicted molar refractivity (Wildman–Crippen MR) is 68.1 cm³/mol. The molecule has 0 aliphatic carbocycles. The molecule has 0 unspecified atom stereocenters. The molecule has 3 nitrogen and oxygen atoms in total. The van der Waals surface area contributed by atoms with Crippen LogP contribution in [0, 0.1) is 6.92 Å². The van der Waals surface area contributed by atoms with Crippen LogP contribution in [0.4, 0.5) is 17.2 Å². The van der Waals surface area contributed by atoms with Gasteiger partial charge in [-0.1, -0.05) is 29.8 Å². The van der Waals surface area contributed by atoms with Crippen molar-refractivity contribution < 1.29 is 0 Å². The zero-order valence-corrected chi connectivity index (χ0v) is 9.62. The van der Waals surface area contributed by atoms with Gasteiger partial charge in [-0.2, -0.15) is 0 Å². The third kappa shape index (κ3) is 2.25. The van der Waals surface area contributed by atoms with E-state index in [1.54, 1.807) is 6.07 Å². The second kappa shape index (κ2) is 4.41. The van der Waals surface area contributed by atoms with E-state index in [2.05, 4.69) is 10.3 Å². The van der Waals surface area contributed by atoms with Crippen LogP contribution in [0.25, 0.3) is 0 Å². The van der Waals surface area contributed by atoms with Gasteiger partial charge >= 0.3 is 0 Å². The topological polar surface area (TPSA) is 50.9 Å². The maximum absolute atomic E-state index is 5.95. The van der Waals surface area contributed by atoms with Gasteiger partial charge in [0, 0.05) is 5.69 Å². The number of halogens is 1. The highest BCUT2D eigenvalue weighted by Gasteiger charge is 2.05. The number of nitrogens with zero attached hydrogens (tertiary/aromatic N) is 1. The van der Waals surface area contributed by atoms with Gasteiger partial charge in [0.1, 0.15) is 5.15 Å². The van der Waals surface area contributed by atoms with E-state index < -0.39 is 0 Å². The smallest absolute Gasteiger partial charge is 0.155 e. The quantitative estimate of drug-likeness (QED) is 0.782. The van der Waals surface area contributed by atoms with Crippen molar-refractivity contribution in [3.8, 4) is 0 Å². The van der Waals surface area contributed by atoms with E-state index in [0.29, 0.717) is 16.7 Å². The molecule has 2 aromatic rings. The third-order valence-corrected chi connectivity index (χ3v) is 2.60. The molecule has 0 atom stereocenters. The second-order valence-electron chi connectivity index (χ2n) is 3.52. The van der Waals surface area contributed by atoms with E-state index in [1.807, 2.05) is 37.3 Å². The lowest BCUT2D eigenvalue weighted by Gasteiger charge is -2.09. The average Bonchev–Trinajstić information content (AvgIpc) is 2.27. The number of hydrogen-bond acceptors (Lipinski definition) is 3. The standard InChI is InChI=1S/C12H12ClN3/c1-8-7-10(14)12(16-11(8)13)15-9-5-3-2-4-6-9/h2-7H,14H2,1H3,(H,15,16). The number of nitrogen functional groups attached to an aromatic ring is 1. The van der Waals surface area contributed by atoms with Gasteiger partial charge in [0.25, 0.3) is 0 Å².